The number of aromatic nitrogens is 8. The molecule has 0 spiro atoms. The van der Waals surface area contributed by atoms with Crippen molar-refractivity contribution in [3.05, 3.63) is 35.7 Å². The molecule has 5 unspecified atom stereocenters. The molecule has 6 heterocycles. The van der Waals surface area contributed by atoms with Gasteiger partial charge in [-0.3, -0.25) is 27.5 Å². The fourth-order valence-corrected chi connectivity index (χ4v) is 6.26. The lowest BCUT2D eigenvalue weighted by Crippen LogP contribution is -2.36. The molecule has 2 aliphatic rings. The third kappa shape index (κ3) is 6.03. The monoisotopic (exact) mass is 661 g/mol. The number of hydrogen-bond donors (Lipinski definition) is 7. The molecular weight excluding hydrogens is 636 g/mol. The van der Waals surface area contributed by atoms with Crippen LogP contribution in [-0.4, -0.2) is 108 Å². The maximum atomic E-state index is 13.0. The van der Waals surface area contributed by atoms with E-state index >= 15 is 0 Å². The summed E-state index contributed by atoms with van der Waals surface area (Å²) in [4.78, 5) is 63.2. The Morgan fingerprint density at radius 3 is 2.41 bits per heavy atom. The van der Waals surface area contributed by atoms with Gasteiger partial charge in [0.2, 0.25) is 0 Å². The van der Waals surface area contributed by atoms with Crippen LogP contribution in [0.1, 0.15) is 18.9 Å². The van der Waals surface area contributed by atoms with Crippen molar-refractivity contribution in [1.29, 1.82) is 0 Å². The SMILES string of the molecule is Nc1ncnc2c1ncn2C1OC(COP(=O)(O)O[C@@H]2C(COP(=O)(O)O)OC(n3cnc4c(=O)[nH]cnc43)[C@@H]2O)C[C@H]1O. The van der Waals surface area contributed by atoms with Crippen LogP contribution in [-0.2, 0) is 32.2 Å². The van der Waals surface area contributed by atoms with Crippen molar-refractivity contribution in [2.75, 3.05) is 18.9 Å². The van der Waals surface area contributed by atoms with E-state index in [1.54, 1.807) is 0 Å². The van der Waals surface area contributed by atoms with Gasteiger partial charge in [-0.25, -0.2) is 34.0 Å². The van der Waals surface area contributed by atoms with Gasteiger partial charge in [0, 0.05) is 6.42 Å². The van der Waals surface area contributed by atoms with Crippen molar-refractivity contribution in [2.24, 2.45) is 0 Å². The van der Waals surface area contributed by atoms with E-state index in [2.05, 4.69) is 34.4 Å². The first-order valence-electron chi connectivity index (χ1n) is 12.7. The second-order valence-corrected chi connectivity index (χ2v) is 12.4. The normalized spacial score (nSPS) is 29.1. The van der Waals surface area contributed by atoms with Crippen LogP contribution >= 0.6 is 15.6 Å². The van der Waals surface area contributed by atoms with E-state index in [1.165, 1.54) is 17.2 Å². The smallest absolute Gasteiger partial charge is 0.388 e. The minimum Gasteiger partial charge on any atom is -0.388 e. The van der Waals surface area contributed by atoms with Gasteiger partial charge in [-0.2, -0.15) is 0 Å². The van der Waals surface area contributed by atoms with Crippen LogP contribution in [0.2, 0.25) is 0 Å². The molecule has 0 amide bonds. The van der Waals surface area contributed by atoms with E-state index in [4.69, 9.17) is 34.0 Å². The Bertz CT molecular complexity index is 1830. The molecule has 8 atom stereocenters. The van der Waals surface area contributed by atoms with Gasteiger partial charge in [0.05, 0.1) is 38.3 Å². The fraction of sp³-hybridized carbons (Fsp3) is 0.500. The molecule has 4 aromatic heterocycles. The second kappa shape index (κ2) is 11.6. The molecule has 2 aliphatic heterocycles. The highest BCUT2D eigenvalue weighted by Gasteiger charge is 2.50. The Balaban J connectivity index is 1.15. The zero-order valence-corrected chi connectivity index (χ0v) is 23.9. The Morgan fingerprint density at radius 1 is 0.955 bits per heavy atom. The number of H-pyrrole nitrogens is 1. The van der Waals surface area contributed by atoms with Gasteiger partial charge in [0.1, 0.15) is 36.3 Å². The first kappa shape index (κ1) is 30.8. The van der Waals surface area contributed by atoms with Gasteiger partial charge in [-0.1, -0.05) is 0 Å². The summed E-state index contributed by atoms with van der Waals surface area (Å²) in [5, 5.41) is 21.6. The molecule has 44 heavy (non-hydrogen) atoms. The van der Waals surface area contributed by atoms with Crippen LogP contribution in [0, 0.1) is 0 Å². The Morgan fingerprint density at radius 2 is 1.66 bits per heavy atom. The summed E-state index contributed by atoms with van der Waals surface area (Å²) >= 11 is 0. The van der Waals surface area contributed by atoms with Crippen LogP contribution in [0.5, 0.6) is 0 Å². The molecule has 0 aromatic carbocycles. The number of nitrogens with one attached hydrogen (secondary N) is 1. The lowest BCUT2D eigenvalue weighted by atomic mass is 10.1. The van der Waals surface area contributed by atoms with Crippen LogP contribution in [0.25, 0.3) is 22.3 Å². The second-order valence-electron chi connectivity index (χ2n) is 9.77. The van der Waals surface area contributed by atoms with E-state index in [0.29, 0.717) is 0 Å². The lowest BCUT2D eigenvalue weighted by molar-refractivity contribution is -0.0556. The van der Waals surface area contributed by atoms with E-state index in [1.807, 2.05) is 0 Å². The van der Waals surface area contributed by atoms with Crippen LogP contribution in [0.4, 0.5) is 5.82 Å². The highest BCUT2D eigenvalue weighted by molar-refractivity contribution is 7.47. The number of hydrogen-bond acceptors (Lipinski definition) is 16. The maximum Gasteiger partial charge on any atom is 0.472 e. The standard InChI is InChI=1S/C20H25N9O13P2/c21-15-11-16(23-4-22-15)28(6-26-11)19-9(30)1-8(40-19)2-39-44(36,37)42-14-10(3-38-43(33,34)35)41-20(13(14)31)29-7-27-12-17(29)24-5-25-18(12)32/h4-10,13-14,19-20,30-31H,1-3H2,(H,36,37)(H2,21,22,23)(H,24,25,32)(H2,33,34,35)/t8?,9-,10?,13-,14-,19?,20?/m1/s1. The number of ether oxygens (including phenoxy) is 2. The summed E-state index contributed by atoms with van der Waals surface area (Å²) in [6, 6.07) is 0. The average Bonchev–Trinajstić information content (AvgIpc) is 3.72. The molecule has 4 aromatic rings. The van der Waals surface area contributed by atoms with Gasteiger partial charge in [-0.15, -0.1) is 0 Å². The molecule has 0 saturated carbocycles. The quantitative estimate of drug-likeness (QED) is 0.0909. The van der Waals surface area contributed by atoms with Gasteiger partial charge >= 0.3 is 15.6 Å². The number of nitrogen functional groups attached to an aromatic ring is 1. The van der Waals surface area contributed by atoms with Crippen LogP contribution in [0.3, 0.4) is 0 Å². The summed E-state index contributed by atoms with van der Waals surface area (Å²) in [6.07, 6.45) is -4.76. The molecule has 238 valence electrons. The maximum absolute atomic E-state index is 13.0. The molecule has 0 radical (unpaired) electrons. The number of aliphatic hydroxyl groups is 2. The summed E-state index contributed by atoms with van der Waals surface area (Å²) in [7, 11) is -10.1. The lowest BCUT2D eigenvalue weighted by Gasteiger charge is -2.24. The first-order chi connectivity index (χ1) is 20.8. The van der Waals surface area contributed by atoms with Crippen LogP contribution < -0.4 is 11.3 Å². The van der Waals surface area contributed by atoms with Crippen molar-refractivity contribution >= 4 is 43.8 Å². The van der Waals surface area contributed by atoms with Gasteiger partial charge in [-0.05, 0) is 0 Å². The number of nitrogens with zero attached hydrogens (tertiary/aromatic N) is 7. The van der Waals surface area contributed by atoms with Gasteiger partial charge in [0.25, 0.3) is 5.56 Å². The van der Waals surface area contributed by atoms with Crippen LogP contribution in [0.15, 0.2) is 30.1 Å². The molecule has 0 bridgehead atoms. The molecule has 24 heteroatoms. The number of anilines is 1. The topological polar surface area (TPSA) is 315 Å². The highest BCUT2D eigenvalue weighted by atomic mass is 31.2. The van der Waals surface area contributed by atoms with E-state index in [9.17, 15) is 29.0 Å². The summed E-state index contributed by atoms with van der Waals surface area (Å²) in [5.74, 6) is 0.121. The number of imidazole rings is 2. The molecule has 0 aliphatic carbocycles. The molecule has 2 fully saturated rings. The third-order valence-electron chi connectivity index (χ3n) is 6.86. The Hall–Kier alpha value is -3.24. The number of aromatic amines is 1. The molecule has 2 saturated heterocycles. The summed E-state index contributed by atoms with van der Waals surface area (Å²) in [5.41, 5.74) is 5.65. The van der Waals surface area contributed by atoms with Crippen molar-refractivity contribution < 1.29 is 57.1 Å². The minimum atomic E-state index is -5.04. The fourth-order valence-electron chi connectivity index (χ4n) is 4.94. The predicted octanol–water partition coefficient (Wildman–Crippen LogP) is -1.94. The van der Waals surface area contributed by atoms with E-state index in [0.717, 1.165) is 17.2 Å². The number of nitrogens with two attached hydrogens (primary N) is 1. The largest absolute Gasteiger partial charge is 0.472 e. The number of rotatable bonds is 10. The number of aliphatic hydroxyl groups excluding tert-OH is 2. The van der Waals surface area contributed by atoms with Crippen molar-refractivity contribution in [3.8, 4) is 0 Å². The molecule has 6 rings (SSSR count). The average molecular weight is 661 g/mol. The predicted molar refractivity (Wildman–Crippen MR) is 141 cm³/mol. The first-order valence-corrected chi connectivity index (χ1v) is 15.7. The van der Waals surface area contributed by atoms with Crippen molar-refractivity contribution in [2.45, 2.75) is 49.4 Å². The van der Waals surface area contributed by atoms with Crippen molar-refractivity contribution in [1.82, 2.24) is 39.0 Å². The number of phosphoric acid groups is 2. The minimum absolute atomic E-state index is 0.0251. The summed E-state index contributed by atoms with van der Waals surface area (Å²) in [6.45, 7) is -1.43. The van der Waals surface area contributed by atoms with Crippen molar-refractivity contribution in [3.63, 3.8) is 0 Å². The highest BCUT2D eigenvalue weighted by Crippen LogP contribution is 2.50. The Kier molecular flexibility index (Phi) is 8.11. The third-order valence-corrected chi connectivity index (χ3v) is 8.33. The number of fused-ring (bicyclic) bond motifs is 2. The van der Waals surface area contributed by atoms with Gasteiger partial charge in [0.15, 0.2) is 35.1 Å². The molecule has 22 nitrogen and oxygen atoms in total. The number of phosphoric ester groups is 2. The molecular formula is C20H25N9O13P2. The van der Waals surface area contributed by atoms with Gasteiger partial charge < -0.3 is 45.1 Å². The zero-order valence-electron chi connectivity index (χ0n) is 22.1. The zero-order chi connectivity index (χ0) is 31.4. The van der Waals surface area contributed by atoms with E-state index < -0.39 is 77.4 Å². The Labute approximate surface area is 244 Å². The summed E-state index contributed by atoms with van der Waals surface area (Å²) < 4.78 is 53.1. The van der Waals surface area contributed by atoms with E-state index in [-0.39, 0.29) is 34.6 Å². The molecule has 8 N–H and O–H groups in total.